The van der Waals surface area contributed by atoms with E-state index in [0.717, 1.165) is 14.8 Å². The molecule has 0 aliphatic heterocycles. The Morgan fingerprint density at radius 3 is 2.80 bits per heavy atom. The summed E-state index contributed by atoms with van der Waals surface area (Å²) in [6.07, 6.45) is 1.66. The summed E-state index contributed by atoms with van der Waals surface area (Å²) < 4.78 is 0.944. The Balaban J connectivity index is 3.34. The number of anilines is 1. The number of aromatic nitrogens is 1. The predicted octanol–water partition coefficient (Wildman–Crippen LogP) is 2.23. The molecular formula is C6H6ClIN2. The molecule has 1 rings (SSSR count). The number of rotatable bonds is 0. The molecule has 0 radical (unpaired) electrons. The Hall–Kier alpha value is -0.0300. The lowest BCUT2D eigenvalue weighted by Crippen LogP contribution is -1.95. The molecule has 2 nitrogen and oxygen atoms in total. The highest BCUT2D eigenvalue weighted by Crippen LogP contribution is 2.22. The summed E-state index contributed by atoms with van der Waals surface area (Å²) in [5.41, 5.74) is 7.23. The monoisotopic (exact) mass is 268 g/mol. The van der Waals surface area contributed by atoms with Crippen molar-refractivity contribution in [3.8, 4) is 0 Å². The molecule has 0 aliphatic carbocycles. The predicted molar refractivity (Wildman–Crippen MR) is 51.1 cm³/mol. The van der Waals surface area contributed by atoms with E-state index in [-0.39, 0.29) is 0 Å². The van der Waals surface area contributed by atoms with Crippen LogP contribution in [0.4, 0.5) is 5.69 Å². The van der Waals surface area contributed by atoms with Gasteiger partial charge in [-0.05, 0) is 29.5 Å². The van der Waals surface area contributed by atoms with Crippen molar-refractivity contribution in [3.05, 3.63) is 20.5 Å². The Bertz CT molecular complexity index is 235. The second-order valence-corrected chi connectivity index (χ2v) is 3.46. The normalized spacial score (nSPS) is 9.90. The van der Waals surface area contributed by atoms with Crippen molar-refractivity contribution in [3.63, 3.8) is 0 Å². The minimum atomic E-state index is 0.484. The first-order chi connectivity index (χ1) is 4.63. The summed E-state index contributed by atoms with van der Waals surface area (Å²) in [7, 11) is 0. The van der Waals surface area contributed by atoms with Gasteiger partial charge in [-0.3, -0.25) is 0 Å². The summed E-state index contributed by atoms with van der Waals surface area (Å²) in [5, 5.41) is 0.484. The van der Waals surface area contributed by atoms with Gasteiger partial charge in [-0.1, -0.05) is 11.6 Å². The topological polar surface area (TPSA) is 38.9 Å². The van der Waals surface area contributed by atoms with Crippen molar-refractivity contribution in [2.24, 2.45) is 0 Å². The van der Waals surface area contributed by atoms with Gasteiger partial charge in [0, 0.05) is 11.8 Å². The van der Waals surface area contributed by atoms with Crippen LogP contribution in [0.3, 0.4) is 0 Å². The van der Waals surface area contributed by atoms with E-state index in [2.05, 4.69) is 27.6 Å². The van der Waals surface area contributed by atoms with Gasteiger partial charge < -0.3 is 5.73 Å². The maximum atomic E-state index is 5.69. The van der Waals surface area contributed by atoms with Crippen molar-refractivity contribution >= 4 is 39.9 Å². The Kier molecular flexibility index (Phi) is 2.36. The standard InChI is InChI=1S/C6H6ClIN2/c1-3-5(9)4(8)2-10-6(3)7/h2H,1H3,(H2,9,10). The summed E-state index contributed by atoms with van der Waals surface area (Å²) in [6, 6.07) is 0. The fraction of sp³-hybridized carbons (Fsp3) is 0.167. The summed E-state index contributed by atoms with van der Waals surface area (Å²) in [6.45, 7) is 1.85. The van der Waals surface area contributed by atoms with Crippen LogP contribution >= 0.6 is 34.2 Å². The quantitative estimate of drug-likeness (QED) is 0.579. The number of pyridine rings is 1. The first-order valence-electron chi connectivity index (χ1n) is 2.69. The van der Waals surface area contributed by atoms with Gasteiger partial charge in [0.05, 0.1) is 9.26 Å². The molecule has 2 N–H and O–H groups in total. The lowest BCUT2D eigenvalue weighted by Gasteiger charge is -2.02. The number of halogens is 2. The van der Waals surface area contributed by atoms with E-state index in [0.29, 0.717) is 5.15 Å². The summed E-state index contributed by atoms with van der Waals surface area (Å²) in [5.74, 6) is 0. The number of nitrogens with zero attached hydrogens (tertiary/aromatic N) is 1. The first-order valence-corrected chi connectivity index (χ1v) is 4.14. The summed E-state index contributed by atoms with van der Waals surface area (Å²) >= 11 is 7.81. The van der Waals surface area contributed by atoms with E-state index in [1.54, 1.807) is 6.20 Å². The van der Waals surface area contributed by atoms with Gasteiger partial charge in [0.2, 0.25) is 0 Å². The SMILES string of the molecule is Cc1c(Cl)ncc(I)c1N. The number of hydrogen-bond donors (Lipinski definition) is 1. The molecule has 0 saturated heterocycles. The van der Waals surface area contributed by atoms with E-state index in [4.69, 9.17) is 17.3 Å². The van der Waals surface area contributed by atoms with E-state index in [1.807, 2.05) is 6.92 Å². The van der Waals surface area contributed by atoms with Gasteiger partial charge in [0.25, 0.3) is 0 Å². The fourth-order valence-electron chi connectivity index (χ4n) is 0.570. The van der Waals surface area contributed by atoms with Crippen LogP contribution in [-0.4, -0.2) is 4.98 Å². The van der Waals surface area contributed by atoms with Crippen LogP contribution in [0.2, 0.25) is 5.15 Å². The second-order valence-electron chi connectivity index (χ2n) is 1.94. The zero-order valence-electron chi connectivity index (χ0n) is 5.36. The fourth-order valence-corrected chi connectivity index (χ4v) is 1.26. The van der Waals surface area contributed by atoms with Crippen molar-refractivity contribution in [1.82, 2.24) is 4.98 Å². The zero-order valence-corrected chi connectivity index (χ0v) is 8.27. The molecule has 1 aromatic heterocycles. The largest absolute Gasteiger partial charge is 0.398 e. The molecule has 1 heterocycles. The maximum absolute atomic E-state index is 5.69. The van der Waals surface area contributed by atoms with Gasteiger partial charge in [0.15, 0.2) is 0 Å². The Morgan fingerprint density at radius 1 is 1.70 bits per heavy atom. The highest BCUT2D eigenvalue weighted by Gasteiger charge is 2.02. The van der Waals surface area contributed by atoms with Gasteiger partial charge in [-0.15, -0.1) is 0 Å². The van der Waals surface area contributed by atoms with E-state index >= 15 is 0 Å². The second kappa shape index (κ2) is 2.92. The van der Waals surface area contributed by atoms with Gasteiger partial charge >= 0.3 is 0 Å². The van der Waals surface area contributed by atoms with E-state index < -0.39 is 0 Å². The van der Waals surface area contributed by atoms with Crippen LogP contribution in [0.25, 0.3) is 0 Å². The number of nitrogens with two attached hydrogens (primary N) is 1. The Labute approximate surface area is 77.9 Å². The molecule has 0 spiro atoms. The first kappa shape index (κ1) is 8.07. The lowest BCUT2D eigenvalue weighted by atomic mass is 10.3. The van der Waals surface area contributed by atoms with Crippen LogP contribution in [0.5, 0.6) is 0 Å². The lowest BCUT2D eigenvalue weighted by molar-refractivity contribution is 1.25. The molecule has 0 bridgehead atoms. The molecule has 10 heavy (non-hydrogen) atoms. The summed E-state index contributed by atoms with van der Waals surface area (Å²) in [4.78, 5) is 3.92. The van der Waals surface area contributed by atoms with E-state index in [1.165, 1.54) is 0 Å². The smallest absolute Gasteiger partial charge is 0.134 e. The van der Waals surface area contributed by atoms with Gasteiger partial charge in [0.1, 0.15) is 5.15 Å². The average Bonchev–Trinajstić information content (AvgIpc) is 1.93. The van der Waals surface area contributed by atoms with Gasteiger partial charge in [-0.25, -0.2) is 4.98 Å². The van der Waals surface area contributed by atoms with Crippen molar-refractivity contribution < 1.29 is 0 Å². The molecule has 0 aliphatic rings. The Morgan fingerprint density at radius 2 is 2.30 bits per heavy atom. The molecule has 0 atom stereocenters. The molecule has 0 amide bonds. The van der Waals surface area contributed by atoms with Crippen molar-refractivity contribution in [1.29, 1.82) is 0 Å². The minimum absolute atomic E-state index is 0.484. The molecule has 1 aromatic rings. The zero-order chi connectivity index (χ0) is 7.72. The third kappa shape index (κ3) is 1.34. The molecule has 0 unspecified atom stereocenters. The highest BCUT2D eigenvalue weighted by molar-refractivity contribution is 14.1. The van der Waals surface area contributed by atoms with Crippen LogP contribution in [0.1, 0.15) is 5.56 Å². The van der Waals surface area contributed by atoms with Crippen molar-refractivity contribution in [2.45, 2.75) is 6.92 Å². The van der Waals surface area contributed by atoms with Gasteiger partial charge in [-0.2, -0.15) is 0 Å². The number of hydrogen-bond acceptors (Lipinski definition) is 2. The van der Waals surface area contributed by atoms with Crippen LogP contribution in [0.15, 0.2) is 6.20 Å². The van der Waals surface area contributed by atoms with Crippen LogP contribution in [0, 0.1) is 10.5 Å². The molecule has 54 valence electrons. The molecule has 0 fully saturated rings. The van der Waals surface area contributed by atoms with Crippen molar-refractivity contribution in [2.75, 3.05) is 5.73 Å². The number of nitrogen functional groups attached to an aromatic ring is 1. The van der Waals surface area contributed by atoms with Crippen LogP contribution < -0.4 is 5.73 Å². The molecule has 4 heteroatoms. The minimum Gasteiger partial charge on any atom is -0.398 e. The third-order valence-corrected chi connectivity index (χ3v) is 2.50. The maximum Gasteiger partial charge on any atom is 0.134 e. The average molecular weight is 268 g/mol. The van der Waals surface area contributed by atoms with E-state index in [9.17, 15) is 0 Å². The molecular weight excluding hydrogens is 262 g/mol. The molecule has 0 saturated carbocycles. The molecule has 0 aromatic carbocycles. The third-order valence-electron chi connectivity index (χ3n) is 1.26. The highest BCUT2D eigenvalue weighted by atomic mass is 127. The van der Waals surface area contributed by atoms with Crippen LogP contribution in [-0.2, 0) is 0 Å².